The number of ether oxygens (including phenoxy) is 1. The first-order valence-electron chi connectivity index (χ1n) is 7.77. The Balaban J connectivity index is 2.41. The molecule has 1 amide bonds. The molecule has 0 unspecified atom stereocenters. The Labute approximate surface area is 146 Å². The van der Waals surface area contributed by atoms with Gasteiger partial charge in [-0.05, 0) is 65.3 Å². The van der Waals surface area contributed by atoms with E-state index in [1.165, 1.54) is 0 Å². The van der Waals surface area contributed by atoms with Gasteiger partial charge in [0.05, 0.1) is 0 Å². The Hall–Kier alpha value is -1.50. The molecule has 0 saturated heterocycles. The minimum absolute atomic E-state index is 0.430. The van der Waals surface area contributed by atoms with Crippen LogP contribution in [-0.4, -0.2) is 29.5 Å². The van der Waals surface area contributed by atoms with Crippen LogP contribution >= 0.6 is 11.8 Å². The van der Waals surface area contributed by atoms with Crippen molar-refractivity contribution in [3.05, 3.63) is 24.3 Å². The second kappa shape index (κ2) is 8.55. The molecule has 0 saturated carbocycles. The number of carbonyl (C=O) groups is 1. The minimum Gasteiger partial charge on any atom is -0.444 e. The molecule has 0 atom stereocenters. The number of halogens is 2. The van der Waals surface area contributed by atoms with E-state index in [0.717, 1.165) is 5.69 Å². The van der Waals surface area contributed by atoms with Crippen LogP contribution < -0.4 is 10.6 Å². The maximum Gasteiger partial charge on any atom is 0.408 e. The maximum absolute atomic E-state index is 12.3. The SMILES string of the molecule is CC(C)(CCNc1ccc(SC(F)F)cc1)NC(=O)OC(C)(C)C. The van der Waals surface area contributed by atoms with Crippen LogP contribution in [-0.2, 0) is 4.74 Å². The van der Waals surface area contributed by atoms with Gasteiger partial charge in [0.25, 0.3) is 5.76 Å². The smallest absolute Gasteiger partial charge is 0.408 e. The van der Waals surface area contributed by atoms with Crippen LogP contribution in [0, 0.1) is 0 Å². The molecule has 0 aliphatic rings. The predicted molar refractivity (Wildman–Crippen MR) is 94.9 cm³/mol. The fourth-order valence-electron chi connectivity index (χ4n) is 1.92. The molecule has 0 heterocycles. The van der Waals surface area contributed by atoms with Crippen molar-refractivity contribution in [1.82, 2.24) is 5.32 Å². The molecule has 0 aromatic heterocycles. The maximum atomic E-state index is 12.3. The van der Waals surface area contributed by atoms with Gasteiger partial charge in [-0.3, -0.25) is 0 Å². The first-order chi connectivity index (χ1) is 11.0. The third kappa shape index (κ3) is 8.96. The van der Waals surface area contributed by atoms with Gasteiger partial charge in [0, 0.05) is 22.7 Å². The molecule has 2 N–H and O–H groups in total. The zero-order chi connectivity index (χ0) is 18.4. The molecule has 1 aromatic carbocycles. The Bertz CT molecular complexity index is 528. The van der Waals surface area contributed by atoms with Gasteiger partial charge in [-0.15, -0.1) is 0 Å². The van der Waals surface area contributed by atoms with E-state index in [9.17, 15) is 13.6 Å². The summed E-state index contributed by atoms with van der Waals surface area (Å²) in [5.74, 6) is -2.41. The Kier molecular flexibility index (Phi) is 7.32. The molecule has 1 rings (SSSR count). The van der Waals surface area contributed by atoms with E-state index in [1.807, 2.05) is 34.6 Å². The number of hydrogen-bond donors (Lipinski definition) is 2. The zero-order valence-corrected chi connectivity index (χ0v) is 15.6. The van der Waals surface area contributed by atoms with Crippen molar-refractivity contribution in [2.75, 3.05) is 11.9 Å². The Morgan fingerprint density at radius 3 is 2.25 bits per heavy atom. The fraction of sp³-hybridized carbons (Fsp3) is 0.588. The average molecular weight is 360 g/mol. The van der Waals surface area contributed by atoms with E-state index in [-0.39, 0.29) is 0 Å². The number of benzene rings is 1. The lowest BCUT2D eigenvalue weighted by molar-refractivity contribution is 0.0470. The van der Waals surface area contributed by atoms with E-state index >= 15 is 0 Å². The minimum atomic E-state index is -2.41. The third-order valence-corrected chi connectivity index (χ3v) is 3.72. The number of thioether (sulfide) groups is 1. The van der Waals surface area contributed by atoms with Crippen LogP contribution in [0.5, 0.6) is 0 Å². The van der Waals surface area contributed by atoms with Gasteiger partial charge in [0.2, 0.25) is 0 Å². The highest BCUT2D eigenvalue weighted by Gasteiger charge is 2.24. The molecule has 0 aliphatic carbocycles. The summed E-state index contributed by atoms with van der Waals surface area (Å²) in [6.45, 7) is 9.91. The summed E-state index contributed by atoms with van der Waals surface area (Å²) in [5, 5.41) is 6.06. The average Bonchev–Trinajstić information content (AvgIpc) is 2.36. The summed E-state index contributed by atoms with van der Waals surface area (Å²) in [6, 6.07) is 6.84. The van der Waals surface area contributed by atoms with Gasteiger partial charge in [0.1, 0.15) is 5.60 Å². The van der Waals surface area contributed by atoms with Crippen LogP contribution in [0.1, 0.15) is 41.0 Å². The van der Waals surface area contributed by atoms with Crippen molar-refractivity contribution in [2.24, 2.45) is 0 Å². The number of nitrogens with one attached hydrogen (secondary N) is 2. The van der Waals surface area contributed by atoms with Crippen LogP contribution in [0.2, 0.25) is 0 Å². The van der Waals surface area contributed by atoms with Crippen molar-refractivity contribution >= 4 is 23.5 Å². The van der Waals surface area contributed by atoms with E-state index < -0.39 is 23.0 Å². The second-order valence-electron chi connectivity index (χ2n) is 7.09. The Morgan fingerprint density at radius 2 is 1.75 bits per heavy atom. The number of anilines is 1. The largest absolute Gasteiger partial charge is 0.444 e. The van der Waals surface area contributed by atoms with Gasteiger partial charge in [-0.1, -0.05) is 11.8 Å². The molecule has 0 spiro atoms. The number of alkyl carbamates (subject to hydrolysis) is 1. The highest BCUT2D eigenvalue weighted by molar-refractivity contribution is 7.99. The highest BCUT2D eigenvalue weighted by atomic mass is 32.2. The molecule has 0 fully saturated rings. The van der Waals surface area contributed by atoms with Crippen molar-refractivity contribution in [3.8, 4) is 0 Å². The molecule has 0 bridgehead atoms. The summed E-state index contributed by atoms with van der Waals surface area (Å²) in [7, 11) is 0. The zero-order valence-electron chi connectivity index (χ0n) is 14.8. The first kappa shape index (κ1) is 20.5. The summed E-state index contributed by atoms with van der Waals surface area (Å²) in [5.41, 5.74) is -0.112. The summed E-state index contributed by atoms with van der Waals surface area (Å²) < 4.78 is 29.8. The molecule has 4 nitrogen and oxygen atoms in total. The number of amides is 1. The molecule has 1 aromatic rings. The molecular weight excluding hydrogens is 334 g/mol. The van der Waals surface area contributed by atoms with Crippen LogP contribution in [0.25, 0.3) is 0 Å². The first-order valence-corrected chi connectivity index (χ1v) is 8.65. The van der Waals surface area contributed by atoms with Gasteiger partial charge in [-0.2, -0.15) is 8.78 Å². The van der Waals surface area contributed by atoms with Gasteiger partial charge >= 0.3 is 6.09 Å². The topological polar surface area (TPSA) is 50.4 Å². The van der Waals surface area contributed by atoms with Gasteiger partial charge in [0.15, 0.2) is 0 Å². The normalized spacial score (nSPS) is 12.2. The van der Waals surface area contributed by atoms with E-state index in [1.54, 1.807) is 24.3 Å². The lowest BCUT2D eigenvalue weighted by Crippen LogP contribution is -2.46. The van der Waals surface area contributed by atoms with E-state index in [2.05, 4.69) is 10.6 Å². The van der Waals surface area contributed by atoms with E-state index in [0.29, 0.717) is 29.6 Å². The molecule has 0 aliphatic heterocycles. The monoisotopic (exact) mass is 360 g/mol. The van der Waals surface area contributed by atoms with Crippen LogP contribution in [0.15, 0.2) is 29.2 Å². The van der Waals surface area contributed by atoms with Crippen LogP contribution in [0.4, 0.5) is 19.3 Å². The number of hydrogen-bond acceptors (Lipinski definition) is 4. The van der Waals surface area contributed by atoms with Crippen molar-refractivity contribution in [2.45, 2.75) is 62.8 Å². The number of carbonyl (C=O) groups excluding carboxylic acids is 1. The highest BCUT2D eigenvalue weighted by Crippen LogP contribution is 2.26. The summed E-state index contributed by atoms with van der Waals surface area (Å²) in [4.78, 5) is 12.3. The second-order valence-corrected chi connectivity index (χ2v) is 8.15. The molecule has 7 heteroatoms. The Morgan fingerprint density at radius 1 is 1.17 bits per heavy atom. The molecular formula is C17H26F2N2O2S. The van der Waals surface area contributed by atoms with Crippen molar-refractivity contribution in [3.63, 3.8) is 0 Å². The third-order valence-electron chi connectivity index (χ3n) is 3.00. The summed E-state index contributed by atoms with van der Waals surface area (Å²) in [6.07, 6.45) is 0.237. The predicted octanol–water partition coefficient (Wildman–Crippen LogP) is 5.11. The fourth-order valence-corrected chi connectivity index (χ4v) is 2.41. The lowest BCUT2D eigenvalue weighted by atomic mass is 10.0. The number of alkyl halides is 2. The standard InChI is InChI=1S/C17H26F2N2O2S/c1-16(2,3)23-15(22)21-17(4,5)10-11-20-12-6-8-13(9-7-12)24-14(18)19/h6-9,14,20H,10-11H2,1-5H3,(H,21,22). The van der Waals surface area contributed by atoms with Gasteiger partial charge < -0.3 is 15.4 Å². The molecule has 0 radical (unpaired) electrons. The van der Waals surface area contributed by atoms with Crippen LogP contribution in [0.3, 0.4) is 0 Å². The number of rotatable bonds is 7. The molecule has 24 heavy (non-hydrogen) atoms. The summed E-state index contributed by atoms with van der Waals surface area (Å²) >= 11 is 0.524. The lowest BCUT2D eigenvalue weighted by Gasteiger charge is -2.28. The quantitative estimate of drug-likeness (QED) is 0.664. The van der Waals surface area contributed by atoms with Crippen molar-refractivity contribution < 1.29 is 18.3 Å². The van der Waals surface area contributed by atoms with Gasteiger partial charge in [-0.25, -0.2) is 4.79 Å². The molecule has 136 valence electrons. The van der Waals surface area contributed by atoms with E-state index in [4.69, 9.17) is 4.74 Å². The van der Waals surface area contributed by atoms with Crippen molar-refractivity contribution in [1.29, 1.82) is 0 Å².